The molecule has 0 aliphatic heterocycles. The summed E-state index contributed by atoms with van der Waals surface area (Å²) in [7, 11) is -4.39. The second-order valence-electron chi connectivity index (χ2n) is 3.75. The molecule has 0 radical (unpaired) electrons. The molecule has 1 aromatic rings. The monoisotopic (exact) mass is 241 g/mol. The van der Waals surface area contributed by atoms with Gasteiger partial charge in [-0.05, 0) is 5.56 Å². The Hall–Kier alpha value is -0.960. The Labute approximate surface area is 94.8 Å². The van der Waals surface area contributed by atoms with Crippen LogP contribution in [0.2, 0.25) is 0 Å². The fourth-order valence-electron chi connectivity index (χ4n) is 1.11. The van der Waals surface area contributed by atoms with Gasteiger partial charge in [0.15, 0.2) is 0 Å². The molecule has 16 heavy (non-hydrogen) atoms. The lowest BCUT2D eigenvalue weighted by atomic mass is 10.2. The number of carbonyl (C=O) groups excluding carboxylic acids is 1. The second kappa shape index (κ2) is 5.39. The van der Waals surface area contributed by atoms with Crippen LogP contribution in [0.5, 0.6) is 0 Å². The van der Waals surface area contributed by atoms with Crippen molar-refractivity contribution >= 4 is 13.1 Å². The summed E-state index contributed by atoms with van der Waals surface area (Å²) >= 11 is 0. The minimum absolute atomic E-state index is 0.0971. The Morgan fingerprint density at radius 1 is 1.38 bits per heavy atom. The highest BCUT2D eigenvalue weighted by Gasteiger charge is 2.22. The van der Waals surface area contributed by atoms with Crippen LogP contribution in [0.1, 0.15) is 19.4 Å². The molecule has 0 heterocycles. The maximum Gasteiger partial charge on any atom is 0.206 e. The van der Waals surface area contributed by atoms with Gasteiger partial charge in [0.1, 0.15) is 0 Å². The lowest BCUT2D eigenvalue weighted by molar-refractivity contribution is -0.202. The van der Waals surface area contributed by atoms with E-state index in [-0.39, 0.29) is 6.61 Å². The van der Waals surface area contributed by atoms with Crippen LogP contribution in [0.3, 0.4) is 0 Å². The minimum atomic E-state index is -4.39. The van der Waals surface area contributed by atoms with Crippen molar-refractivity contribution in [2.75, 3.05) is 0 Å². The van der Waals surface area contributed by atoms with E-state index in [0.717, 1.165) is 5.56 Å². The second-order valence-corrected chi connectivity index (χ2v) is 5.44. The number of rotatable bonds is 5. The Bertz CT molecular complexity index is 400. The molecule has 0 fully saturated rings. The SMILES string of the molecule is CC(C)C(=O)P(=O)([O-])OCc1ccccc1. The van der Waals surface area contributed by atoms with Crippen LogP contribution >= 0.6 is 7.60 Å². The summed E-state index contributed by atoms with van der Waals surface area (Å²) in [6, 6.07) is 8.84. The Morgan fingerprint density at radius 2 is 1.94 bits per heavy atom. The topological polar surface area (TPSA) is 66.4 Å². The molecule has 0 amide bonds. The van der Waals surface area contributed by atoms with E-state index in [1.807, 2.05) is 6.07 Å². The molecule has 88 valence electrons. The van der Waals surface area contributed by atoms with Crippen molar-refractivity contribution in [1.82, 2.24) is 0 Å². The number of hydrogen-bond acceptors (Lipinski definition) is 4. The number of benzene rings is 1. The van der Waals surface area contributed by atoms with E-state index in [4.69, 9.17) is 0 Å². The highest BCUT2D eigenvalue weighted by atomic mass is 31.2. The molecule has 5 heteroatoms. The highest BCUT2D eigenvalue weighted by molar-refractivity contribution is 7.69. The van der Waals surface area contributed by atoms with E-state index < -0.39 is 19.0 Å². The zero-order valence-electron chi connectivity index (χ0n) is 9.25. The van der Waals surface area contributed by atoms with Crippen LogP contribution in [0.25, 0.3) is 0 Å². The fourth-order valence-corrected chi connectivity index (χ4v) is 2.19. The van der Waals surface area contributed by atoms with Crippen LogP contribution in [0.15, 0.2) is 30.3 Å². The number of hydrogen-bond donors (Lipinski definition) is 0. The third-order valence-corrected chi connectivity index (χ3v) is 3.53. The Balaban J connectivity index is 2.62. The van der Waals surface area contributed by atoms with Crippen molar-refractivity contribution < 1.29 is 18.8 Å². The van der Waals surface area contributed by atoms with Crippen molar-refractivity contribution in [3.63, 3.8) is 0 Å². The maximum absolute atomic E-state index is 11.4. The van der Waals surface area contributed by atoms with Gasteiger partial charge < -0.3 is 14.0 Å². The average molecular weight is 241 g/mol. The molecule has 0 saturated heterocycles. The highest BCUT2D eigenvalue weighted by Crippen LogP contribution is 2.41. The average Bonchev–Trinajstić information content (AvgIpc) is 2.27. The van der Waals surface area contributed by atoms with Crippen LogP contribution in [0.4, 0.5) is 0 Å². The summed E-state index contributed by atoms with van der Waals surface area (Å²) in [5, 5.41) is 0. The zero-order chi connectivity index (χ0) is 12.2. The van der Waals surface area contributed by atoms with E-state index in [2.05, 4.69) is 4.52 Å². The van der Waals surface area contributed by atoms with Crippen LogP contribution in [-0.4, -0.2) is 5.52 Å². The minimum Gasteiger partial charge on any atom is -0.773 e. The first-order valence-corrected chi connectivity index (χ1v) is 6.51. The summed E-state index contributed by atoms with van der Waals surface area (Å²) in [6.07, 6.45) is 0. The first-order valence-electron chi connectivity index (χ1n) is 4.97. The first kappa shape index (κ1) is 13.1. The Kier molecular flexibility index (Phi) is 4.42. The third-order valence-electron chi connectivity index (χ3n) is 2.01. The summed E-state index contributed by atoms with van der Waals surface area (Å²) in [6.45, 7) is 2.96. The summed E-state index contributed by atoms with van der Waals surface area (Å²) in [5.41, 5.74) is -0.140. The predicted octanol–water partition coefficient (Wildman–Crippen LogP) is 1.94. The van der Waals surface area contributed by atoms with Gasteiger partial charge in [-0.25, -0.2) is 0 Å². The van der Waals surface area contributed by atoms with Crippen molar-refractivity contribution in [2.45, 2.75) is 20.5 Å². The quantitative estimate of drug-likeness (QED) is 0.739. The molecule has 1 aromatic carbocycles. The van der Waals surface area contributed by atoms with Crippen LogP contribution < -0.4 is 4.89 Å². The molecule has 1 unspecified atom stereocenters. The Morgan fingerprint density at radius 3 is 2.44 bits per heavy atom. The zero-order valence-corrected chi connectivity index (χ0v) is 10.1. The molecule has 0 bridgehead atoms. The molecule has 1 atom stereocenters. The third kappa shape index (κ3) is 3.56. The lowest BCUT2D eigenvalue weighted by Crippen LogP contribution is -2.18. The smallest absolute Gasteiger partial charge is 0.206 e. The fraction of sp³-hybridized carbons (Fsp3) is 0.364. The molecule has 0 spiro atoms. The molecule has 0 saturated carbocycles. The van der Waals surface area contributed by atoms with E-state index in [0.29, 0.717) is 0 Å². The summed E-state index contributed by atoms with van der Waals surface area (Å²) < 4.78 is 16.1. The van der Waals surface area contributed by atoms with Gasteiger partial charge in [-0.2, -0.15) is 0 Å². The maximum atomic E-state index is 11.4. The molecule has 0 N–H and O–H groups in total. The molecule has 4 nitrogen and oxygen atoms in total. The molecule has 0 aliphatic carbocycles. The van der Waals surface area contributed by atoms with Gasteiger partial charge in [-0.1, -0.05) is 44.2 Å². The van der Waals surface area contributed by atoms with E-state index in [1.54, 1.807) is 24.3 Å². The van der Waals surface area contributed by atoms with E-state index in [9.17, 15) is 14.3 Å². The van der Waals surface area contributed by atoms with Crippen molar-refractivity contribution in [3.8, 4) is 0 Å². The number of carbonyl (C=O) groups is 1. The van der Waals surface area contributed by atoms with Crippen molar-refractivity contribution in [1.29, 1.82) is 0 Å². The van der Waals surface area contributed by atoms with Gasteiger partial charge in [0.2, 0.25) is 13.1 Å². The molecule has 0 aliphatic rings. The van der Waals surface area contributed by atoms with E-state index in [1.165, 1.54) is 13.8 Å². The molecule has 1 rings (SSSR count). The van der Waals surface area contributed by atoms with Gasteiger partial charge in [0, 0.05) is 5.92 Å². The summed E-state index contributed by atoms with van der Waals surface area (Å²) in [5.74, 6) is -0.570. The summed E-state index contributed by atoms with van der Waals surface area (Å²) in [4.78, 5) is 22.7. The van der Waals surface area contributed by atoms with Gasteiger partial charge in [0.05, 0.1) is 6.61 Å². The van der Waals surface area contributed by atoms with Gasteiger partial charge in [-0.3, -0.25) is 4.79 Å². The first-order chi connectivity index (χ1) is 7.43. The lowest BCUT2D eigenvalue weighted by Gasteiger charge is -2.23. The predicted molar refractivity (Wildman–Crippen MR) is 58.7 cm³/mol. The van der Waals surface area contributed by atoms with Gasteiger partial charge >= 0.3 is 0 Å². The van der Waals surface area contributed by atoms with Crippen molar-refractivity contribution in [3.05, 3.63) is 35.9 Å². The standard InChI is InChI=1S/C11H15O4P/c1-9(2)11(12)16(13,14)15-8-10-6-4-3-5-7-10/h3-7,9H,8H2,1-2H3,(H,13,14)/p-1. The van der Waals surface area contributed by atoms with Gasteiger partial charge in [-0.15, -0.1) is 0 Å². The van der Waals surface area contributed by atoms with Crippen LogP contribution in [-0.2, 0) is 20.5 Å². The van der Waals surface area contributed by atoms with Crippen LogP contribution in [0, 0.1) is 5.92 Å². The molecular weight excluding hydrogens is 227 g/mol. The van der Waals surface area contributed by atoms with Gasteiger partial charge in [0.25, 0.3) is 0 Å². The molecule has 0 aromatic heterocycles. The molecular formula is C11H14O4P-. The largest absolute Gasteiger partial charge is 0.773 e. The van der Waals surface area contributed by atoms with E-state index >= 15 is 0 Å². The normalized spacial score (nSPS) is 14.8. The van der Waals surface area contributed by atoms with Crippen molar-refractivity contribution in [2.24, 2.45) is 5.92 Å².